The van der Waals surface area contributed by atoms with Gasteiger partial charge in [0, 0.05) is 13.1 Å². The summed E-state index contributed by atoms with van der Waals surface area (Å²) in [6.45, 7) is 1.64. The lowest BCUT2D eigenvalue weighted by Gasteiger charge is -2.29. The predicted octanol–water partition coefficient (Wildman–Crippen LogP) is 1.82. The summed E-state index contributed by atoms with van der Waals surface area (Å²) < 4.78 is 34.0. The molecule has 0 bridgehead atoms. The molecule has 1 unspecified atom stereocenters. The average Bonchev–Trinajstić information content (AvgIpc) is 2.85. The second-order valence-corrected chi connectivity index (χ2v) is 6.89. The van der Waals surface area contributed by atoms with E-state index in [1.807, 2.05) is 4.90 Å². The zero-order chi connectivity index (χ0) is 19.4. The Kier molecular flexibility index (Phi) is 5.91. The van der Waals surface area contributed by atoms with E-state index in [0.717, 1.165) is 5.56 Å². The van der Waals surface area contributed by atoms with Crippen molar-refractivity contribution in [1.29, 1.82) is 0 Å². The SMILES string of the molecule is CC1(CCc2ccc(OC(F)F)cc2)NC(=O)N(CN2CCOCC2)C1=O. The molecule has 1 aromatic carbocycles. The van der Waals surface area contributed by atoms with Crippen LogP contribution in [0.2, 0.25) is 0 Å². The molecule has 0 aliphatic carbocycles. The second kappa shape index (κ2) is 8.18. The Hall–Kier alpha value is -2.26. The fourth-order valence-electron chi connectivity index (χ4n) is 3.22. The predicted molar refractivity (Wildman–Crippen MR) is 92.4 cm³/mol. The number of hydrogen-bond acceptors (Lipinski definition) is 5. The van der Waals surface area contributed by atoms with E-state index < -0.39 is 18.2 Å². The Balaban J connectivity index is 1.57. The summed E-state index contributed by atoms with van der Waals surface area (Å²) in [6, 6.07) is 5.88. The van der Waals surface area contributed by atoms with Gasteiger partial charge in [-0.2, -0.15) is 8.78 Å². The number of imide groups is 1. The molecule has 27 heavy (non-hydrogen) atoms. The summed E-state index contributed by atoms with van der Waals surface area (Å²) in [5, 5.41) is 2.78. The number of alkyl halides is 2. The van der Waals surface area contributed by atoms with Gasteiger partial charge in [-0.1, -0.05) is 12.1 Å². The first-order valence-corrected chi connectivity index (χ1v) is 8.85. The van der Waals surface area contributed by atoms with Crippen molar-refractivity contribution in [1.82, 2.24) is 15.1 Å². The maximum absolute atomic E-state index is 12.8. The molecule has 2 aliphatic heterocycles. The maximum atomic E-state index is 12.8. The van der Waals surface area contributed by atoms with Crippen LogP contribution in [0.4, 0.5) is 13.6 Å². The first-order valence-electron chi connectivity index (χ1n) is 8.85. The monoisotopic (exact) mass is 383 g/mol. The fraction of sp³-hybridized carbons (Fsp3) is 0.556. The van der Waals surface area contributed by atoms with Crippen molar-refractivity contribution in [3.05, 3.63) is 29.8 Å². The first kappa shape index (κ1) is 19.5. The topological polar surface area (TPSA) is 71.1 Å². The van der Waals surface area contributed by atoms with Crippen LogP contribution in [0.1, 0.15) is 18.9 Å². The highest BCUT2D eigenvalue weighted by molar-refractivity contribution is 6.06. The van der Waals surface area contributed by atoms with Crippen LogP contribution in [-0.2, 0) is 16.0 Å². The molecule has 2 fully saturated rings. The zero-order valence-corrected chi connectivity index (χ0v) is 15.1. The molecule has 3 amide bonds. The molecule has 1 aromatic rings. The van der Waals surface area contributed by atoms with E-state index in [1.165, 1.54) is 17.0 Å². The smallest absolute Gasteiger partial charge is 0.387 e. The Labute approximate surface area is 156 Å². The molecule has 3 rings (SSSR count). The first-order chi connectivity index (χ1) is 12.9. The van der Waals surface area contributed by atoms with Crippen LogP contribution in [0.5, 0.6) is 5.75 Å². The van der Waals surface area contributed by atoms with E-state index in [4.69, 9.17) is 4.74 Å². The molecular formula is C18H23F2N3O4. The minimum atomic E-state index is -2.86. The van der Waals surface area contributed by atoms with Gasteiger partial charge in [0.1, 0.15) is 11.3 Å². The average molecular weight is 383 g/mol. The summed E-state index contributed by atoms with van der Waals surface area (Å²) >= 11 is 0. The van der Waals surface area contributed by atoms with Gasteiger partial charge in [-0.15, -0.1) is 0 Å². The summed E-state index contributed by atoms with van der Waals surface area (Å²) in [5.74, 6) is -0.168. The summed E-state index contributed by atoms with van der Waals surface area (Å²) in [5.41, 5.74) is -0.117. The normalized spacial score (nSPS) is 23.8. The molecule has 148 valence electrons. The lowest BCUT2D eigenvalue weighted by atomic mass is 9.93. The van der Waals surface area contributed by atoms with Gasteiger partial charge in [0.25, 0.3) is 5.91 Å². The Morgan fingerprint density at radius 2 is 1.89 bits per heavy atom. The molecule has 0 saturated carbocycles. The minimum Gasteiger partial charge on any atom is -0.435 e. The Morgan fingerprint density at radius 3 is 2.52 bits per heavy atom. The second-order valence-electron chi connectivity index (χ2n) is 6.89. The molecule has 0 aromatic heterocycles. The van der Waals surface area contributed by atoms with Crippen molar-refractivity contribution >= 4 is 11.9 Å². The number of urea groups is 1. The van der Waals surface area contributed by atoms with E-state index in [-0.39, 0.29) is 18.3 Å². The fourth-order valence-corrected chi connectivity index (χ4v) is 3.22. The third kappa shape index (κ3) is 4.72. The number of rotatable bonds is 7. The van der Waals surface area contributed by atoms with Gasteiger partial charge in [0.2, 0.25) is 0 Å². The van der Waals surface area contributed by atoms with Gasteiger partial charge in [-0.3, -0.25) is 9.69 Å². The number of benzene rings is 1. The van der Waals surface area contributed by atoms with Gasteiger partial charge >= 0.3 is 12.6 Å². The number of amides is 3. The number of morpholine rings is 1. The van der Waals surface area contributed by atoms with Gasteiger partial charge in [-0.25, -0.2) is 9.69 Å². The van der Waals surface area contributed by atoms with Crippen LogP contribution in [0, 0.1) is 0 Å². The van der Waals surface area contributed by atoms with Gasteiger partial charge in [0.05, 0.1) is 19.9 Å². The minimum absolute atomic E-state index is 0.0851. The zero-order valence-electron chi connectivity index (χ0n) is 15.1. The van der Waals surface area contributed by atoms with E-state index in [2.05, 4.69) is 10.1 Å². The van der Waals surface area contributed by atoms with Gasteiger partial charge in [-0.05, 0) is 37.5 Å². The van der Waals surface area contributed by atoms with E-state index >= 15 is 0 Å². The van der Waals surface area contributed by atoms with E-state index in [0.29, 0.717) is 39.1 Å². The third-order valence-electron chi connectivity index (χ3n) is 4.85. The summed E-state index contributed by atoms with van der Waals surface area (Å²) in [6.07, 6.45) is 0.926. The van der Waals surface area contributed by atoms with Crippen molar-refractivity contribution in [2.75, 3.05) is 33.0 Å². The Morgan fingerprint density at radius 1 is 1.22 bits per heavy atom. The summed E-state index contributed by atoms with van der Waals surface area (Å²) in [7, 11) is 0. The number of carbonyl (C=O) groups excluding carboxylic acids is 2. The van der Waals surface area contributed by atoms with E-state index in [9.17, 15) is 18.4 Å². The van der Waals surface area contributed by atoms with Gasteiger partial charge in [0.15, 0.2) is 0 Å². The molecule has 2 heterocycles. The molecule has 9 heteroatoms. The van der Waals surface area contributed by atoms with Gasteiger partial charge < -0.3 is 14.8 Å². The van der Waals surface area contributed by atoms with Crippen LogP contribution in [0.15, 0.2) is 24.3 Å². The van der Waals surface area contributed by atoms with Crippen molar-refractivity contribution in [3.8, 4) is 5.75 Å². The number of nitrogens with one attached hydrogen (secondary N) is 1. The number of carbonyl (C=O) groups is 2. The largest absolute Gasteiger partial charge is 0.435 e. The molecular weight excluding hydrogens is 360 g/mol. The Bertz CT molecular complexity index is 680. The molecule has 2 aliphatic rings. The van der Waals surface area contributed by atoms with Crippen LogP contribution < -0.4 is 10.1 Å². The van der Waals surface area contributed by atoms with Crippen LogP contribution in [0.3, 0.4) is 0 Å². The van der Waals surface area contributed by atoms with Crippen molar-refractivity contribution in [2.24, 2.45) is 0 Å². The molecule has 2 saturated heterocycles. The molecule has 0 radical (unpaired) electrons. The van der Waals surface area contributed by atoms with Crippen LogP contribution >= 0.6 is 0 Å². The highest BCUT2D eigenvalue weighted by atomic mass is 19.3. The van der Waals surface area contributed by atoms with Crippen molar-refractivity contribution in [2.45, 2.75) is 31.9 Å². The number of aryl methyl sites for hydroxylation is 1. The lowest BCUT2D eigenvalue weighted by Crippen LogP contribution is -2.48. The van der Waals surface area contributed by atoms with E-state index in [1.54, 1.807) is 19.1 Å². The number of nitrogens with zero attached hydrogens (tertiary/aromatic N) is 2. The highest BCUT2D eigenvalue weighted by Crippen LogP contribution is 2.24. The van der Waals surface area contributed by atoms with Crippen molar-refractivity contribution in [3.63, 3.8) is 0 Å². The molecule has 7 nitrogen and oxygen atoms in total. The molecule has 1 N–H and O–H groups in total. The number of ether oxygens (including phenoxy) is 2. The van der Waals surface area contributed by atoms with Crippen LogP contribution in [0.25, 0.3) is 0 Å². The quantitative estimate of drug-likeness (QED) is 0.728. The third-order valence-corrected chi connectivity index (χ3v) is 4.85. The maximum Gasteiger partial charge on any atom is 0.387 e. The highest BCUT2D eigenvalue weighted by Gasteiger charge is 2.47. The molecule has 1 atom stereocenters. The van der Waals surface area contributed by atoms with Crippen LogP contribution in [-0.4, -0.2) is 66.9 Å². The molecule has 0 spiro atoms. The van der Waals surface area contributed by atoms with Crippen molar-refractivity contribution < 1.29 is 27.8 Å². The lowest BCUT2D eigenvalue weighted by molar-refractivity contribution is -0.133. The number of halogens is 2. The summed E-state index contributed by atoms with van der Waals surface area (Å²) in [4.78, 5) is 28.3. The standard InChI is InChI=1S/C18H23F2N3O4/c1-18(7-6-13-2-4-14(5-3-13)27-16(19)20)15(24)23(17(25)21-18)12-22-8-10-26-11-9-22/h2-5,16H,6-12H2,1H3,(H,21,25). The number of hydrogen-bond donors (Lipinski definition) is 1.